The summed E-state index contributed by atoms with van der Waals surface area (Å²) in [6.45, 7) is 2.93. The molecule has 138 valence electrons. The first kappa shape index (κ1) is 18.1. The van der Waals surface area contributed by atoms with Gasteiger partial charge in [0.25, 0.3) is 0 Å². The number of nitrogens with zero attached hydrogens (tertiary/aromatic N) is 2. The predicted octanol–water partition coefficient (Wildman–Crippen LogP) is 2.68. The fraction of sp³-hybridized carbons (Fsp3) is 0.381. The number of aliphatic imine (C=N–C) groups is 1. The van der Waals surface area contributed by atoms with Crippen molar-refractivity contribution in [1.29, 1.82) is 0 Å². The van der Waals surface area contributed by atoms with Crippen molar-refractivity contribution in [2.75, 3.05) is 38.7 Å². The fourth-order valence-electron chi connectivity index (χ4n) is 3.26. The third kappa shape index (κ3) is 4.91. The minimum absolute atomic E-state index is 0.419. The van der Waals surface area contributed by atoms with E-state index in [1.54, 1.807) is 7.11 Å². The van der Waals surface area contributed by atoms with Gasteiger partial charge in [-0.15, -0.1) is 0 Å². The van der Waals surface area contributed by atoms with Gasteiger partial charge in [0.2, 0.25) is 0 Å². The highest BCUT2D eigenvalue weighted by Gasteiger charge is 2.23. The van der Waals surface area contributed by atoms with Crippen LogP contribution < -0.4 is 20.3 Å². The summed E-state index contributed by atoms with van der Waals surface area (Å²) in [6.07, 6.45) is 2.07. The number of nitrogens with one attached hydrogen (secondary N) is 2. The molecule has 1 atom stereocenters. The molecule has 0 aliphatic carbocycles. The number of methoxy groups -OCH3 is 1. The molecule has 5 nitrogen and oxygen atoms in total. The van der Waals surface area contributed by atoms with Crippen molar-refractivity contribution < 1.29 is 4.74 Å². The van der Waals surface area contributed by atoms with Gasteiger partial charge >= 0.3 is 0 Å². The van der Waals surface area contributed by atoms with Crippen LogP contribution in [0.2, 0.25) is 0 Å². The Kier molecular flexibility index (Phi) is 6.36. The zero-order chi connectivity index (χ0) is 18.2. The van der Waals surface area contributed by atoms with Crippen molar-refractivity contribution >= 4 is 11.6 Å². The molecular formula is C21H28N4O. The van der Waals surface area contributed by atoms with Crippen LogP contribution in [-0.2, 0) is 6.42 Å². The summed E-state index contributed by atoms with van der Waals surface area (Å²) in [7, 11) is 3.51. The molecule has 26 heavy (non-hydrogen) atoms. The Labute approximate surface area is 156 Å². The molecule has 0 spiro atoms. The third-order valence-corrected chi connectivity index (χ3v) is 4.74. The van der Waals surface area contributed by atoms with E-state index in [2.05, 4.69) is 63.0 Å². The van der Waals surface area contributed by atoms with Gasteiger partial charge in [0.1, 0.15) is 5.75 Å². The maximum absolute atomic E-state index is 5.20. The molecule has 0 radical (unpaired) electrons. The highest BCUT2D eigenvalue weighted by molar-refractivity contribution is 5.80. The summed E-state index contributed by atoms with van der Waals surface area (Å²) in [5.74, 6) is 1.77. The van der Waals surface area contributed by atoms with Crippen molar-refractivity contribution in [2.24, 2.45) is 4.99 Å². The average molecular weight is 352 g/mol. The fourth-order valence-corrected chi connectivity index (χ4v) is 3.26. The molecule has 1 heterocycles. The normalized spacial score (nSPS) is 17.2. The molecule has 3 rings (SSSR count). The summed E-state index contributed by atoms with van der Waals surface area (Å²) >= 11 is 0. The number of rotatable bonds is 6. The number of ether oxygens (including phenoxy) is 1. The molecule has 0 amide bonds. The number of guanidine groups is 1. The van der Waals surface area contributed by atoms with Crippen LogP contribution in [0.25, 0.3) is 0 Å². The number of benzene rings is 2. The average Bonchev–Trinajstić information content (AvgIpc) is 3.17. The second-order valence-corrected chi connectivity index (χ2v) is 6.51. The van der Waals surface area contributed by atoms with E-state index in [4.69, 9.17) is 4.74 Å². The maximum Gasteiger partial charge on any atom is 0.191 e. The molecule has 1 saturated heterocycles. The second kappa shape index (κ2) is 9.13. The molecule has 0 aromatic heterocycles. The van der Waals surface area contributed by atoms with Gasteiger partial charge in [0.05, 0.1) is 7.11 Å². The number of hydrogen-bond donors (Lipinski definition) is 2. The molecule has 1 fully saturated rings. The smallest absolute Gasteiger partial charge is 0.191 e. The Morgan fingerprint density at radius 2 is 1.92 bits per heavy atom. The van der Waals surface area contributed by atoms with Crippen LogP contribution in [0, 0.1) is 0 Å². The SMILES string of the molecule is CN=C(NCCc1ccc(OC)cc1)NC1CCN(c2ccccc2)C1. The Bertz CT molecular complexity index is 700. The molecule has 1 aliphatic heterocycles. The van der Waals surface area contributed by atoms with Crippen molar-refractivity contribution in [3.8, 4) is 5.75 Å². The zero-order valence-corrected chi connectivity index (χ0v) is 15.6. The van der Waals surface area contributed by atoms with Gasteiger partial charge in [-0.2, -0.15) is 0 Å². The van der Waals surface area contributed by atoms with Crippen LogP contribution in [0.3, 0.4) is 0 Å². The van der Waals surface area contributed by atoms with E-state index in [0.717, 1.165) is 44.2 Å². The third-order valence-electron chi connectivity index (χ3n) is 4.74. The van der Waals surface area contributed by atoms with Gasteiger partial charge in [0.15, 0.2) is 5.96 Å². The quantitative estimate of drug-likeness (QED) is 0.620. The van der Waals surface area contributed by atoms with Crippen LogP contribution in [0.15, 0.2) is 59.6 Å². The van der Waals surface area contributed by atoms with E-state index in [0.29, 0.717) is 6.04 Å². The van der Waals surface area contributed by atoms with Crippen LogP contribution in [0.5, 0.6) is 5.75 Å². The van der Waals surface area contributed by atoms with Gasteiger partial charge in [0, 0.05) is 38.4 Å². The summed E-state index contributed by atoms with van der Waals surface area (Å²) in [5, 5.41) is 6.96. The lowest BCUT2D eigenvalue weighted by Crippen LogP contribution is -2.45. The largest absolute Gasteiger partial charge is 0.497 e. The van der Waals surface area contributed by atoms with E-state index in [1.807, 2.05) is 19.2 Å². The van der Waals surface area contributed by atoms with E-state index in [1.165, 1.54) is 11.3 Å². The number of para-hydroxylation sites is 1. The molecule has 2 aromatic rings. The van der Waals surface area contributed by atoms with Gasteiger partial charge in [-0.1, -0.05) is 30.3 Å². The van der Waals surface area contributed by atoms with E-state index in [-0.39, 0.29) is 0 Å². The summed E-state index contributed by atoms with van der Waals surface area (Å²) in [5.41, 5.74) is 2.57. The highest BCUT2D eigenvalue weighted by atomic mass is 16.5. The second-order valence-electron chi connectivity index (χ2n) is 6.51. The number of anilines is 1. The molecule has 2 N–H and O–H groups in total. The molecule has 1 unspecified atom stereocenters. The maximum atomic E-state index is 5.20. The number of hydrogen-bond acceptors (Lipinski definition) is 3. The van der Waals surface area contributed by atoms with Crippen molar-refractivity contribution in [3.05, 3.63) is 60.2 Å². The first-order chi connectivity index (χ1) is 12.8. The van der Waals surface area contributed by atoms with Crippen LogP contribution in [-0.4, -0.2) is 45.8 Å². The van der Waals surface area contributed by atoms with Crippen molar-refractivity contribution in [3.63, 3.8) is 0 Å². The lowest BCUT2D eigenvalue weighted by Gasteiger charge is -2.20. The van der Waals surface area contributed by atoms with E-state index in [9.17, 15) is 0 Å². The van der Waals surface area contributed by atoms with E-state index < -0.39 is 0 Å². The standard InChI is InChI=1S/C21H28N4O/c1-22-21(23-14-12-17-8-10-20(26-2)11-9-17)24-18-13-15-25(16-18)19-6-4-3-5-7-19/h3-11,18H,12-16H2,1-2H3,(H2,22,23,24). The minimum atomic E-state index is 0.419. The lowest BCUT2D eigenvalue weighted by atomic mass is 10.1. The summed E-state index contributed by atoms with van der Waals surface area (Å²) in [4.78, 5) is 6.78. The van der Waals surface area contributed by atoms with Gasteiger partial charge in [-0.05, 0) is 42.7 Å². The Morgan fingerprint density at radius 1 is 1.15 bits per heavy atom. The van der Waals surface area contributed by atoms with E-state index >= 15 is 0 Å². The van der Waals surface area contributed by atoms with Gasteiger partial charge in [-0.25, -0.2) is 0 Å². The van der Waals surface area contributed by atoms with Crippen LogP contribution in [0.4, 0.5) is 5.69 Å². The molecule has 2 aromatic carbocycles. The highest BCUT2D eigenvalue weighted by Crippen LogP contribution is 2.19. The summed E-state index contributed by atoms with van der Waals surface area (Å²) < 4.78 is 5.20. The first-order valence-electron chi connectivity index (χ1n) is 9.18. The topological polar surface area (TPSA) is 48.9 Å². The van der Waals surface area contributed by atoms with Gasteiger partial charge in [-0.3, -0.25) is 4.99 Å². The molecule has 1 aliphatic rings. The Balaban J connectivity index is 1.43. The molecule has 0 saturated carbocycles. The van der Waals surface area contributed by atoms with Crippen molar-refractivity contribution in [1.82, 2.24) is 10.6 Å². The molecule has 0 bridgehead atoms. The molecule has 5 heteroatoms. The molecular weight excluding hydrogens is 324 g/mol. The van der Waals surface area contributed by atoms with Crippen LogP contribution >= 0.6 is 0 Å². The Morgan fingerprint density at radius 3 is 2.62 bits per heavy atom. The Hall–Kier alpha value is -2.69. The van der Waals surface area contributed by atoms with Crippen LogP contribution in [0.1, 0.15) is 12.0 Å². The van der Waals surface area contributed by atoms with Gasteiger partial charge < -0.3 is 20.3 Å². The minimum Gasteiger partial charge on any atom is -0.497 e. The van der Waals surface area contributed by atoms with Crippen molar-refractivity contribution in [2.45, 2.75) is 18.9 Å². The zero-order valence-electron chi connectivity index (χ0n) is 15.6. The predicted molar refractivity (Wildman–Crippen MR) is 108 cm³/mol. The lowest BCUT2D eigenvalue weighted by molar-refractivity contribution is 0.414. The monoisotopic (exact) mass is 352 g/mol. The first-order valence-corrected chi connectivity index (χ1v) is 9.18. The summed E-state index contributed by atoms with van der Waals surface area (Å²) in [6, 6.07) is 19.2.